The Hall–Kier alpha value is -4.40. The van der Waals surface area contributed by atoms with Crippen molar-refractivity contribution in [2.24, 2.45) is 5.41 Å². The number of para-hydroxylation sites is 1. The van der Waals surface area contributed by atoms with Crippen LogP contribution in [0.5, 0.6) is 11.5 Å². The summed E-state index contributed by atoms with van der Waals surface area (Å²) in [6, 6.07) is 19.3. The van der Waals surface area contributed by atoms with E-state index < -0.39 is 6.04 Å². The molecule has 37 heavy (non-hydrogen) atoms. The Balaban J connectivity index is 1.23. The molecule has 3 aromatic rings. The van der Waals surface area contributed by atoms with Gasteiger partial charge in [-0.3, -0.25) is 14.4 Å². The summed E-state index contributed by atoms with van der Waals surface area (Å²) in [4.78, 5) is 45.4. The molecule has 1 aromatic heterocycles. The van der Waals surface area contributed by atoms with Crippen molar-refractivity contribution in [1.82, 2.24) is 15.2 Å². The standard InChI is InChI=1S/C28H29N5O4/c1-28-13-23(27(36)31-16-19-7-12-25(29)30-15-19)33(24(28)14-28)26(35)17-32(18-34)20-8-10-22(11-9-20)37-21-5-3-2-4-6-21/h2-12,15,18,23-24H,13-14,16-17H2,1H3,(H2,29,30)(H,31,36)/t23-,24-,28+/m0/s1. The number of anilines is 2. The molecule has 1 aliphatic carbocycles. The first-order valence-electron chi connectivity index (χ1n) is 12.2. The largest absolute Gasteiger partial charge is 0.457 e. The van der Waals surface area contributed by atoms with Crippen molar-refractivity contribution in [3.63, 3.8) is 0 Å². The molecule has 2 fully saturated rings. The highest BCUT2D eigenvalue weighted by Gasteiger charge is 2.64. The van der Waals surface area contributed by atoms with Crippen molar-refractivity contribution < 1.29 is 19.1 Å². The number of pyridine rings is 1. The molecule has 3 N–H and O–H groups in total. The summed E-state index contributed by atoms with van der Waals surface area (Å²) in [7, 11) is 0. The Bertz CT molecular complexity index is 1280. The summed E-state index contributed by atoms with van der Waals surface area (Å²) in [6.45, 7) is 2.24. The fourth-order valence-electron chi connectivity index (χ4n) is 4.95. The molecule has 1 aliphatic heterocycles. The number of nitrogens with one attached hydrogen (secondary N) is 1. The van der Waals surface area contributed by atoms with E-state index >= 15 is 0 Å². The molecule has 9 heteroatoms. The van der Waals surface area contributed by atoms with Crippen LogP contribution in [0.4, 0.5) is 11.5 Å². The number of ether oxygens (including phenoxy) is 1. The van der Waals surface area contributed by atoms with Gasteiger partial charge < -0.3 is 25.6 Å². The van der Waals surface area contributed by atoms with Gasteiger partial charge >= 0.3 is 0 Å². The summed E-state index contributed by atoms with van der Waals surface area (Å²) < 4.78 is 5.80. The van der Waals surface area contributed by atoms with E-state index in [0.717, 1.165) is 12.0 Å². The molecule has 0 radical (unpaired) electrons. The van der Waals surface area contributed by atoms with Crippen LogP contribution in [0.3, 0.4) is 0 Å². The Morgan fingerprint density at radius 2 is 1.84 bits per heavy atom. The quantitative estimate of drug-likeness (QED) is 0.437. The average molecular weight is 500 g/mol. The average Bonchev–Trinajstić information content (AvgIpc) is 3.47. The smallest absolute Gasteiger partial charge is 0.243 e. The van der Waals surface area contributed by atoms with E-state index in [2.05, 4.69) is 17.2 Å². The topological polar surface area (TPSA) is 118 Å². The van der Waals surface area contributed by atoms with Crippen molar-refractivity contribution in [2.75, 3.05) is 17.2 Å². The Labute approximate surface area is 215 Å². The van der Waals surface area contributed by atoms with Crippen LogP contribution >= 0.6 is 0 Å². The number of benzene rings is 2. The third-order valence-electron chi connectivity index (χ3n) is 7.12. The van der Waals surface area contributed by atoms with Gasteiger partial charge in [-0.1, -0.05) is 31.2 Å². The minimum absolute atomic E-state index is 0.00379. The monoisotopic (exact) mass is 499 g/mol. The zero-order valence-electron chi connectivity index (χ0n) is 20.5. The maximum atomic E-state index is 13.4. The van der Waals surface area contributed by atoms with Gasteiger partial charge in [0.1, 0.15) is 29.9 Å². The van der Waals surface area contributed by atoms with Crippen LogP contribution in [0.25, 0.3) is 0 Å². The molecule has 2 heterocycles. The van der Waals surface area contributed by atoms with Gasteiger partial charge in [-0.15, -0.1) is 0 Å². The van der Waals surface area contributed by atoms with Gasteiger partial charge in [0.15, 0.2) is 0 Å². The van der Waals surface area contributed by atoms with Gasteiger partial charge in [0.25, 0.3) is 0 Å². The third kappa shape index (κ3) is 5.25. The van der Waals surface area contributed by atoms with E-state index in [1.807, 2.05) is 30.3 Å². The Kier molecular flexibility index (Phi) is 6.52. The highest BCUT2D eigenvalue weighted by atomic mass is 16.5. The van der Waals surface area contributed by atoms with E-state index in [-0.39, 0.29) is 29.8 Å². The zero-order chi connectivity index (χ0) is 26.0. The van der Waals surface area contributed by atoms with E-state index in [1.54, 1.807) is 47.5 Å². The molecule has 2 aromatic carbocycles. The molecule has 1 saturated heterocycles. The summed E-state index contributed by atoms with van der Waals surface area (Å²) in [5.74, 6) is 1.27. The second-order valence-corrected chi connectivity index (χ2v) is 9.85. The number of hydrogen-bond acceptors (Lipinski definition) is 6. The highest BCUT2D eigenvalue weighted by Crippen LogP contribution is 2.59. The van der Waals surface area contributed by atoms with E-state index in [0.29, 0.717) is 42.4 Å². The van der Waals surface area contributed by atoms with E-state index in [4.69, 9.17) is 10.5 Å². The van der Waals surface area contributed by atoms with Gasteiger partial charge in [-0.25, -0.2) is 4.98 Å². The first kappa shape index (κ1) is 24.3. The molecule has 2 aliphatic rings. The second-order valence-electron chi connectivity index (χ2n) is 9.85. The number of aromatic nitrogens is 1. The van der Waals surface area contributed by atoms with Crippen LogP contribution in [0.1, 0.15) is 25.3 Å². The minimum atomic E-state index is -0.576. The first-order chi connectivity index (χ1) is 17.9. The van der Waals surface area contributed by atoms with Crippen LogP contribution in [-0.4, -0.2) is 46.7 Å². The van der Waals surface area contributed by atoms with Crippen molar-refractivity contribution in [1.29, 1.82) is 0 Å². The van der Waals surface area contributed by atoms with Crippen LogP contribution in [0.15, 0.2) is 72.9 Å². The minimum Gasteiger partial charge on any atom is -0.457 e. The van der Waals surface area contributed by atoms with Crippen LogP contribution in [-0.2, 0) is 20.9 Å². The second kappa shape index (κ2) is 9.93. The lowest BCUT2D eigenvalue weighted by Crippen LogP contribution is -2.50. The number of fused-ring (bicyclic) bond motifs is 1. The van der Waals surface area contributed by atoms with E-state index in [9.17, 15) is 14.4 Å². The number of likely N-dealkylation sites (tertiary alicyclic amines) is 1. The number of nitrogens with two attached hydrogens (primary N) is 1. The summed E-state index contributed by atoms with van der Waals surface area (Å²) in [6.07, 6.45) is 3.71. The van der Waals surface area contributed by atoms with Crippen molar-refractivity contribution >= 4 is 29.7 Å². The number of rotatable bonds is 9. The van der Waals surface area contributed by atoms with Crippen LogP contribution in [0.2, 0.25) is 0 Å². The molecule has 5 rings (SSSR count). The molecule has 0 unspecified atom stereocenters. The normalized spacial score (nSPS) is 21.6. The number of carbonyl (C=O) groups excluding carboxylic acids is 3. The molecule has 3 atom stereocenters. The fraction of sp³-hybridized carbons (Fsp3) is 0.286. The molecular formula is C28H29N5O4. The molecule has 9 nitrogen and oxygen atoms in total. The zero-order valence-corrected chi connectivity index (χ0v) is 20.5. The van der Waals surface area contributed by atoms with Gasteiger partial charge in [0.05, 0.1) is 0 Å². The third-order valence-corrected chi connectivity index (χ3v) is 7.12. The molecule has 190 valence electrons. The van der Waals surface area contributed by atoms with E-state index in [1.165, 1.54) is 4.90 Å². The predicted molar refractivity (Wildman–Crippen MR) is 139 cm³/mol. The lowest BCUT2D eigenvalue weighted by Gasteiger charge is -2.29. The van der Waals surface area contributed by atoms with Crippen LogP contribution in [0, 0.1) is 5.41 Å². The predicted octanol–water partition coefficient (Wildman–Crippen LogP) is 3.11. The summed E-state index contributed by atoms with van der Waals surface area (Å²) in [5, 5.41) is 2.92. The number of nitrogens with zero attached hydrogens (tertiary/aromatic N) is 3. The lowest BCUT2D eigenvalue weighted by atomic mass is 10.0. The highest BCUT2D eigenvalue weighted by molar-refractivity contribution is 5.94. The van der Waals surface area contributed by atoms with Crippen LogP contribution < -0.4 is 20.7 Å². The van der Waals surface area contributed by atoms with Crippen molar-refractivity contribution in [3.05, 3.63) is 78.5 Å². The van der Waals surface area contributed by atoms with Gasteiger partial charge in [-0.05, 0) is 66.3 Å². The van der Waals surface area contributed by atoms with Gasteiger partial charge in [-0.2, -0.15) is 0 Å². The Morgan fingerprint density at radius 1 is 1.11 bits per heavy atom. The number of amides is 3. The molecule has 3 amide bonds. The Morgan fingerprint density at radius 3 is 2.51 bits per heavy atom. The lowest BCUT2D eigenvalue weighted by molar-refractivity contribution is -0.139. The molecule has 1 saturated carbocycles. The van der Waals surface area contributed by atoms with Gasteiger partial charge in [0.2, 0.25) is 18.2 Å². The number of hydrogen-bond donors (Lipinski definition) is 2. The fourth-order valence-corrected chi connectivity index (χ4v) is 4.95. The SMILES string of the molecule is C[C@@]12C[C@@H]1N(C(=O)CN(C=O)c1ccc(Oc3ccccc3)cc1)[C@H](C(=O)NCc1ccc(N)nc1)C2. The first-order valence-corrected chi connectivity index (χ1v) is 12.2. The molecule has 0 bridgehead atoms. The maximum Gasteiger partial charge on any atom is 0.243 e. The molecule has 0 spiro atoms. The summed E-state index contributed by atoms with van der Waals surface area (Å²) in [5.41, 5.74) is 6.94. The number of piperidine rings is 1. The number of nitrogen functional groups attached to an aromatic ring is 1. The molecular weight excluding hydrogens is 470 g/mol. The van der Waals surface area contributed by atoms with Gasteiger partial charge in [0, 0.05) is 24.5 Å². The number of carbonyl (C=O) groups is 3. The summed E-state index contributed by atoms with van der Waals surface area (Å²) >= 11 is 0. The van der Waals surface area contributed by atoms with Crippen molar-refractivity contribution in [2.45, 2.75) is 38.4 Å². The maximum absolute atomic E-state index is 13.4. The van der Waals surface area contributed by atoms with Crippen molar-refractivity contribution in [3.8, 4) is 11.5 Å².